The van der Waals surface area contributed by atoms with Gasteiger partial charge in [-0.3, -0.25) is 5.10 Å². The zero-order valence-electron chi connectivity index (χ0n) is 8.26. The molecular weight excluding hydrogens is 292 g/mol. The second-order valence-electron chi connectivity index (χ2n) is 3.49. The van der Waals surface area contributed by atoms with Gasteiger partial charge in [0.15, 0.2) is 0 Å². The first-order chi connectivity index (χ1) is 7.63. The number of benzene rings is 1. The van der Waals surface area contributed by atoms with Crippen molar-refractivity contribution in [2.75, 3.05) is 5.75 Å². The first kappa shape index (κ1) is 11.9. The molecule has 2 unspecified atom stereocenters. The highest BCUT2D eigenvalue weighted by molar-refractivity contribution is 9.10. The van der Waals surface area contributed by atoms with Crippen LogP contribution in [-0.2, 0) is 0 Å². The SMILES string of the molecule is OC(CS)C(O)c1[nH]nc2cc(Br)ccc12. The number of H-pyrrole nitrogens is 1. The van der Waals surface area contributed by atoms with Gasteiger partial charge in [-0.1, -0.05) is 15.9 Å². The Morgan fingerprint density at radius 1 is 1.44 bits per heavy atom. The minimum Gasteiger partial charge on any atom is -0.389 e. The number of halogens is 1. The van der Waals surface area contributed by atoms with Crippen molar-refractivity contribution in [3.63, 3.8) is 0 Å². The Labute approximate surface area is 106 Å². The standard InChI is InChI=1S/C10H11BrN2O2S/c11-5-1-2-6-7(3-5)12-13-9(6)10(15)8(14)4-16/h1-3,8,10,14-16H,4H2,(H,12,13). The van der Waals surface area contributed by atoms with Crippen LogP contribution in [0.4, 0.5) is 0 Å². The van der Waals surface area contributed by atoms with Crippen molar-refractivity contribution in [3.8, 4) is 0 Å². The molecule has 3 N–H and O–H groups in total. The van der Waals surface area contributed by atoms with E-state index in [4.69, 9.17) is 0 Å². The Morgan fingerprint density at radius 2 is 2.19 bits per heavy atom. The number of nitrogens with one attached hydrogen (secondary N) is 1. The number of rotatable bonds is 3. The summed E-state index contributed by atoms with van der Waals surface area (Å²) in [5.74, 6) is 0.193. The monoisotopic (exact) mass is 302 g/mol. The van der Waals surface area contributed by atoms with Gasteiger partial charge in [0.1, 0.15) is 6.10 Å². The maximum atomic E-state index is 9.86. The van der Waals surface area contributed by atoms with E-state index >= 15 is 0 Å². The summed E-state index contributed by atoms with van der Waals surface area (Å²) in [5, 5.41) is 27.0. The normalized spacial score (nSPS) is 15.2. The van der Waals surface area contributed by atoms with Crippen LogP contribution < -0.4 is 0 Å². The number of hydrogen-bond donors (Lipinski definition) is 4. The van der Waals surface area contributed by atoms with Gasteiger partial charge in [0.2, 0.25) is 0 Å². The van der Waals surface area contributed by atoms with Crippen molar-refractivity contribution in [2.45, 2.75) is 12.2 Å². The van der Waals surface area contributed by atoms with E-state index in [9.17, 15) is 10.2 Å². The fraction of sp³-hybridized carbons (Fsp3) is 0.300. The second kappa shape index (κ2) is 4.75. The third kappa shape index (κ3) is 2.10. The van der Waals surface area contributed by atoms with E-state index < -0.39 is 12.2 Å². The molecule has 1 aromatic carbocycles. The molecule has 4 nitrogen and oxygen atoms in total. The number of hydrogen-bond acceptors (Lipinski definition) is 4. The molecule has 0 saturated heterocycles. The van der Waals surface area contributed by atoms with E-state index in [1.165, 1.54) is 0 Å². The second-order valence-corrected chi connectivity index (χ2v) is 4.77. The maximum Gasteiger partial charge on any atom is 0.123 e. The third-order valence-corrected chi connectivity index (χ3v) is 3.26. The molecule has 0 fully saturated rings. The number of aromatic nitrogens is 2. The lowest BCUT2D eigenvalue weighted by molar-refractivity contribution is 0.0319. The van der Waals surface area contributed by atoms with Gasteiger partial charge < -0.3 is 10.2 Å². The van der Waals surface area contributed by atoms with Gasteiger partial charge in [-0.05, 0) is 18.2 Å². The summed E-state index contributed by atoms with van der Waals surface area (Å²) in [6.45, 7) is 0. The van der Waals surface area contributed by atoms with Crippen molar-refractivity contribution >= 4 is 39.5 Å². The van der Waals surface area contributed by atoms with Gasteiger partial charge in [0.25, 0.3) is 0 Å². The van der Waals surface area contributed by atoms with Gasteiger partial charge in [-0.15, -0.1) is 0 Å². The molecule has 1 heterocycles. The summed E-state index contributed by atoms with van der Waals surface area (Å²) in [5.41, 5.74) is 1.26. The predicted molar refractivity (Wildman–Crippen MR) is 68.6 cm³/mol. The van der Waals surface area contributed by atoms with Gasteiger partial charge in [-0.2, -0.15) is 17.7 Å². The Kier molecular flexibility index (Phi) is 3.53. The quantitative estimate of drug-likeness (QED) is 0.652. The number of fused-ring (bicyclic) bond motifs is 1. The number of aliphatic hydroxyl groups excluding tert-OH is 2. The molecule has 2 atom stereocenters. The van der Waals surface area contributed by atoms with Crippen LogP contribution in [0.3, 0.4) is 0 Å². The number of thiol groups is 1. The van der Waals surface area contributed by atoms with Crippen LogP contribution in [0.2, 0.25) is 0 Å². The average Bonchev–Trinajstić information content (AvgIpc) is 2.69. The van der Waals surface area contributed by atoms with Crippen molar-refractivity contribution in [1.82, 2.24) is 10.2 Å². The Morgan fingerprint density at radius 3 is 2.88 bits per heavy atom. The maximum absolute atomic E-state index is 9.86. The van der Waals surface area contributed by atoms with E-state index in [1.807, 2.05) is 18.2 Å². The van der Waals surface area contributed by atoms with Crippen molar-refractivity contribution in [3.05, 3.63) is 28.4 Å². The summed E-state index contributed by atoms with van der Waals surface area (Å²) in [6, 6.07) is 5.54. The molecule has 0 amide bonds. The summed E-state index contributed by atoms with van der Waals surface area (Å²) in [7, 11) is 0. The Bertz CT molecular complexity index is 503. The van der Waals surface area contributed by atoms with Gasteiger partial charge >= 0.3 is 0 Å². The molecule has 86 valence electrons. The van der Waals surface area contributed by atoms with E-state index in [0.717, 1.165) is 15.4 Å². The molecule has 0 bridgehead atoms. The molecular formula is C10H11BrN2O2S. The van der Waals surface area contributed by atoms with E-state index in [-0.39, 0.29) is 5.75 Å². The van der Waals surface area contributed by atoms with Crippen LogP contribution in [0.15, 0.2) is 22.7 Å². The van der Waals surface area contributed by atoms with Crippen molar-refractivity contribution in [2.24, 2.45) is 0 Å². The van der Waals surface area contributed by atoms with Gasteiger partial charge in [0, 0.05) is 15.6 Å². The average molecular weight is 303 g/mol. The largest absolute Gasteiger partial charge is 0.389 e. The highest BCUT2D eigenvalue weighted by Gasteiger charge is 2.21. The van der Waals surface area contributed by atoms with E-state index in [2.05, 4.69) is 38.8 Å². The topological polar surface area (TPSA) is 69.1 Å². The van der Waals surface area contributed by atoms with Crippen LogP contribution in [0.25, 0.3) is 10.9 Å². The highest BCUT2D eigenvalue weighted by atomic mass is 79.9. The van der Waals surface area contributed by atoms with Crippen LogP contribution in [0.1, 0.15) is 11.8 Å². The van der Waals surface area contributed by atoms with Gasteiger partial charge in [-0.25, -0.2) is 0 Å². The molecule has 16 heavy (non-hydrogen) atoms. The first-order valence-corrected chi connectivity index (χ1v) is 6.16. The molecule has 0 saturated carbocycles. The lowest BCUT2D eigenvalue weighted by atomic mass is 10.1. The molecule has 0 aliphatic heterocycles. The number of nitrogens with zero attached hydrogens (tertiary/aromatic N) is 1. The first-order valence-electron chi connectivity index (χ1n) is 4.74. The van der Waals surface area contributed by atoms with Crippen LogP contribution in [0, 0.1) is 0 Å². The fourth-order valence-electron chi connectivity index (χ4n) is 1.52. The molecule has 2 rings (SSSR count). The molecule has 0 spiro atoms. The molecule has 6 heteroatoms. The fourth-order valence-corrected chi connectivity index (χ4v) is 2.07. The number of aliphatic hydroxyl groups is 2. The predicted octanol–water partition coefficient (Wildman–Crippen LogP) is 1.65. The smallest absolute Gasteiger partial charge is 0.123 e. The van der Waals surface area contributed by atoms with Crippen LogP contribution in [0.5, 0.6) is 0 Å². The lowest BCUT2D eigenvalue weighted by Gasteiger charge is -2.14. The molecule has 1 aromatic heterocycles. The molecule has 0 aliphatic carbocycles. The van der Waals surface area contributed by atoms with Crippen LogP contribution >= 0.6 is 28.6 Å². The Balaban J connectivity index is 2.45. The third-order valence-electron chi connectivity index (χ3n) is 2.39. The molecule has 0 radical (unpaired) electrons. The zero-order chi connectivity index (χ0) is 11.7. The minimum atomic E-state index is -0.997. The summed E-state index contributed by atoms with van der Waals surface area (Å²) in [6.07, 6.45) is -1.90. The zero-order valence-corrected chi connectivity index (χ0v) is 10.7. The van der Waals surface area contributed by atoms with E-state index in [1.54, 1.807) is 0 Å². The van der Waals surface area contributed by atoms with Crippen molar-refractivity contribution < 1.29 is 10.2 Å². The van der Waals surface area contributed by atoms with E-state index in [0.29, 0.717) is 5.69 Å². The molecule has 0 aliphatic rings. The van der Waals surface area contributed by atoms with Crippen LogP contribution in [-0.4, -0.2) is 32.3 Å². The highest BCUT2D eigenvalue weighted by Crippen LogP contribution is 2.26. The lowest BCUT2D eigenvalue weighted by Crippen LogP contribution is -2.20. The minimum absolute atomic E-state index is 0.193. The van der Waals surface area contributed by atoms with Gasteiger partial charge in [0.05, 0.1) is 17.3 Å². The summed E-state index contributed by atoms with van der Waals surface area (Å²) >= 11 is 7.29. The molecule has 2 aromatic rings. The summed E-state index contributed by atoms with van der Waals surface area (Å²) in [4.78, 5) is 0. The number of aromatic amines is 1. The summed E-state index contributed by atoms with van der Waals surface area (Å²) < 4.78 is 0.919. The van der Waals surface area contributed by atoms with Crippen molar-refractivity contribution in [1.29, 1.82) is 0 Å². The Hall–Kier alpha value is -0.560.